The van der Waals surface area contributed by atoms with E-state index in [1.54, 1.807) is 18.2 Å². The van der Waals surface area contributed by atoms with Gasteiger partial charge >= 0.3 is 5.97 Å². The van der Waals surface area contributed by atoms with Crippen LogP contribution in [-0.4, -0.2) is 21.3 Å². The molecule has 0 amide bonds. The van der Waals surface area contributed by atoms with E-state index < -0.39 is 5.97 Å². The van der Waals surface area contributed by atoms with Crippen LogP contribution >= 0.6 is 0 Å². The van der Waals surface area contributed by atoms with Gasteiger partial charge in [-0.2, -0.15) is 0 Å². The van der Waals surface area contributed by atoms with E-state index in [0.717, 1.165) is 47.9 Å². The number of aryl methyl sites for hydroxylation is 1. The molecule has 2 rings (SSSR count). The molecule has 0 saturated heterocycles. The lowest BCUT2D eigenvalue weighted by Gasteiger charge is -2.16. The average Bonchev–Trinajstić information content (AvgIpc) is 2.56. The van der Waals surface area contributed by atoms with Gasteiger partial charge < -0.3 is 15.3 Å². The number of aromatic hydroxyl groups is 2. The van der Waals surface area contributed by atoms with Crippen molar-refractivity contribution in [1.29, 1.82) is 0 Å². The van der Waals surface area contributed by atoms with Crippen LogP contribution in [0.25, 0.3) is 11.1 Å². The van der Waals surface area contributed by atoms with Gasteiger partial charge in [0.1, 0.15) is 11.5 Å². The molecule has 0 heterocycles. The van der Waals surface area contributed by atoms with Gasteiger partial charge in [-0.1, -0.05) is 31.5 Å². The molecule has 0 saturated carbocycles. The summed E-state index contributed by atoms with van der Waals surface area (Å²) in [5, 5.41) is 28.4. The van der Waals surface area contributed by atoms with Crippen LogP contribution in [0.2, 0.25) is 0 Å². The van der Waals surface area contributed by atoms with Crippen LogP contribution in [0.3, 0.4) is 0 Å². The summed E-state index contributed by atoms with van der Waals surface area (Å²) in [6.45, 7) is 2.01. The molecule has 0 aliphatic heterocycles. The van der Waals surface area contributed by atoms with E-state index in [4.69, 9.17) is 5.11 Å². The maximum absolute atomic E-state index is 10.6. The number of carboxylic acids is 1. The molecule has 0 radical (unpaired) electrons. The smallest absolute Gasteiger partial charge is 0.303 e. The Morgan fingerprint density at radius 2 is 1.67 bits per heavy atom. The van der Waals surface area contributed by atoms with Crippen molar-refractivity contribution in [2.45, 2.75) is 45.4 Å². The summed E-state index contributed by atoms with van der Waals surface area (Å²) < 4.78 is 0. The van der Waals surface area contributed by atoms with E-state index in [1.807, 2.05) is 25.1 Å². The van der Waals surface area contributed by atoms with Crippen LogP contribution in [0, 0.1) is 0 Å². The lowest BCUT2D eigenvalue weighted by atomic mass is 9.89. The predicted octanol–water partition coefficient (Wildman–Crippen LogP) is 4.51. The molecule has 0 atom stereocenters. The maximum atomic E-state index is 10.6. The van der Waals surface area contributed by atoms with Crippen molar-refractivity contribution in [3.8, 4) is 22.6 Å². The zero-order valence-corrected chi connectivity index (χ0v) is 14.0. The number of hydrogen-bond donors (Lipinski definition) is 3. The molecule has 24 heavy (non-hydrogen) atoms. The first-order chi connectivity index (χ1) is 11.5. The van der Waals surface area contributed by atoms with Crippen molar-refractivity contribution in [2.24, 2.45) is 0 Å². The van der Waals surface area contributed by atoms with Crippen molar-refractivity contribution < 1.29 is 20.1 Å². The summed E-state index contributed by atoms with van der Waals surface area (Å²) >= 11 is 0. The first kappa shape index (κ1) is 17.9. The van der Waals surface area contributed by atoms with Gasteiger partial charge in [0, 0.05) is 12.0 Å². The monoisotopic (exact) mass is 328 g/mol. The molecule has 0 spiro atoms. The highest BCUT2D eigenvalue weighted by atomic mass is 16.4. The number of phenols is 2. The first-order valence-electron chi connectivity index (χ1n) is 8.37. The SMILES string of the molecule is CCc1c(O)ccc(CCCCCC(=O)O)c1-c1ccc(O)cc1. The van der Waals surface area contributed by atoms with E-state index in [-0.39, 0.29) is 17.9 Å². The number of hydrogen-bond acceptors (Lipinski definition) is 3. The third-order valence-electron chi connectivity index (χ3n) is 4.22. The highest BCUT2D eigenvalue weighted by Gasteiger charge is 2.13. The van der Waals surface area contributed by atoms with E-state index in [2.05, 4.69) is 0 Å². The third kappa shape index (κ3) is 4.51. The molecule has 3 N–H and O–H groups in total. The quantitative estimate of drug-likeness (QED) is 0.623. The molecule has 0 aliphatic rings. The van der Waals surface area contributed by atoms with Gasteiger partial charge in [-0.3, -0.25) is 4.79 Å². The van der Waals surface area contributed by atoms with Crippen molar-refractivity contribution in [1.82, 2.24) is 0 Å². The number of unbranched alkanes of at least 4 members (excludes halogenated alkanes) is 2. The van der Waals surface area contributed by atoms with Gasteiger partial charge in [0.15, 0.2) is 0 Å². The topological polar surface area (TPSA) is 77.8 Å². The maximum Gasteiger partial charge on any atom is 0.303 e. The predicted molar refractivity (Wildman–Crippen MR) is 94.4 cm³/mol. The Labute approximate surface area is 142 Å². The van der Waals surface area contributed by atoms with Crippen LogP contribution in [0.4, 0.5) is 0 Å². The zero-order chi connectivity index (χ0) is 17.5. The Morgan fingerprint density at radius 3 is 2.29 bits per heavy atom. The number of rotatable bonds is 8. The second-order valence-electron chi connectivity index (χ2n) is 5.95. The van der Waals surface area contributed by atoms with Crippen LogP contribution in [0.15, 0.2) is 36.4 Å². The molecule has 4 heteroatoms. The van der Waals surface area contributed by atoms with Gasteiger partial charge in [0.05, 0.1) is 0 Å². The lowest BCUT2D eigenvalue weighted by molar-refractivity contribution is -0.137. The minimum Gasteiger partial charge on any atom is -0.508 e. The van der Waals surface area contributed by atoms with Gasteiger partial charge in [-0.25, -0.2) is 0 Å². The van der Waals surface area contributed by atoms with Gasteiger partial charge in [-0.15, -0.1) is 0 Å². The van der Waals surface area contributed by atoms with Crippen LogP contribution in [-0.2, 0) is 17.6 Å². The summed E-state index contributed by atoms with van der Waals surface area (Å²) in [7, 11) is 0. The van der Waals surface area contributed by atoms with Gasteiger partial charge in [0.2, 0.25) is 0 Å². The van der Waals surface area contributed by atoms with Crippen molar-refractivity contribution >= 4 is 5.97 Å². The molecule has 0 bridgehead atoms. The van der Waals surface area contributed by atoms with Crippen molar-refractivity contribution in [3.63, 3.8) is 0 Å². The summed E-state index contributed by atoms with van der Waals surface area (Å²) in [5.74, 6) is -0.250. The Kier molecular flexibility index (Phi) is 6.24. The Morgan fingerprint density at radius 1 is 0.958 bits per heavy atom. The second-order valence-corrected chi connectivity index (χ2v) is 5.95. The third-order valence-corrected chi connectivity index (χ3v) is 4.22. The second kappa shape index (κ2) is 8.39. The molecule has 128 valence electrons. The number of aliphatic carboxylic acids is 1. The molecule has 0 unspecified atom stereocenters. The Balaban J connectivity index is 2.24. The molecule has 0 fully saturated rings. The van der Waals surface area contributed by atoms with Crippen LogP contribution < -0.4 is 0 Å². The summed E-state index contributed by atoms with van der Waals surface area (Å²) in [5.41, 5.74) is 4.05. The molecular weight excluding hydrogens is 304 g/mol. The fraction of sp³-hybridized carbons (Fsp3) is 0.350. The Bertz CT molecular complexity index is 690. The standard InChI is InChI=1S/C20H24O4/c1-2-17-18(22)13-10-14(6-4-3-5-7-19(23)24)20(17)15-8-11-16(21)12-9-15/h8-13,21-22H,2-7H2,1H3,(H,23,24). The number of carbonyl (C=O) groups is 1. The van der Waals surface area contributed by atoms with Gasteiger partial charge in [0.25, 0.3) is 0 Å². The first-order valence-corrected chi connectivity index (χ1v) is 8.37. The highest BCUT2D eigenvalue weighted by molar-refractivity contribution is 5.74. The molecule has 4 nitrogen and oxygen atoms in total. The molecule has 2 aromatic rings. The lowest BCUT2D eigenvalue weighted by Crippen LogP contribution is -1.98. The number of carboxylic acid groups (broad SMARTS) is 1. The summed E-state index contributed by atoms with van der Waals surface area (Å²) in [6, 6.07) is 10.7. The van der Waals surface area contributed by atoms with Crippen molar-refractivity contribution in [2.75, 3.05) is 0 Å². The summed E-state index contributed by atoms with van der Waals surface area (Å²) in [4.78, 5) is 10.6. The zero-order valence-electron chi connectivity index (χ0n) is 14.0. The number of benzene rings is 2. The van der Waals surface area contributed by atoms with E-state index in [1.165, 1.54) is 0 Å². The fourth-order valence-corrected chi connectivity index (χ4v) is 3.01. The highest BCUT2D eigenvalue weighted by Crippen LogP contribution is 2.35. The summed E-state index contributed by atoms with van der Waals surface area (Å²) in [6.07, 6.45) is 4.22. The normalized spacial score (nSPS) is 10.7. The van der Waals surface area contributed by atoms with E-state index in [0.29, 0.717) is 6.42 Å². The minimum atomic E-state index is -0.752. The largest absolute Gasteiger partial charge is 0.508 e. The molecular formula is C20H24O4. The molecule has 2 aromatic carbocycles. The number of phenolic OH excluding ortho intramolecular Hbond substituents is 2. The fourth-order valence-electron chi connectivity index (χ4n) is 3.01. The van der Waals surface area contributed by atoms with E-state index in [9.17, 15) is 15.0 Å². The molecule has 0 aromatic heterocycles. The minimum absolute atomic E-state index is 0.209. The van der Waals surface area contributed by atoms with Crippen LogP contribution in [0.1, 0.15) is 43.7 Å². The Hall–Kier alpha value is -2.49. The average molecular weight is 328 g/mol. The van der Waals surface area contributed by atoms with Gasteiger partial charge in [-0.05, 0) is 60.6 Å². The molecule has 0 aliphatic carbocycles. The van der Waals surface area contributed by atoms with Crippen LogP contribution in [0.5, 0.6) is 11.5 Å². The van der Waals surface area contributed by atoms with E-state index >= 15 is 0 Å². The van der Waals surface area contributed by atoms with Crippen molar-refractivity contribution in [3.05, 3.63) is 47.5 Å².